The molecule has 0 saturated carbocycles. The van der Waals surface area contributed by atoms with Gasteiger partial charge in [0.2, 0.25) is 5.91 Å². The van der Waals surface area contributed by atoms with Crippen LogP contribution in [0.4, 0.5) is 0 Å². The molecule has 1 amide bonds. The van der Waals surface area contributed by atoms with Gasteiger partial charge in [-0.2, -0.15) is 0 Å². The van der Waals surface area contributed by atoms with Crippen molar-refractivity contribution in [3.05, 3.63) is 0 Å². The number of rotatable bonds is 6. The Kier molecular flexibility index (Phi) is 5.96. The summed E-state index contributed by atoms with van der Waals surface area (Å²) in [6.07, 6.45) is 6.51. The minimum Gasteiger partial charge on any atom is -0.355 e. The van der Waals surface area contributed by atoms with E-state index >= 15 is 0 Å². The Bertz CT molecular complexity index is 238. The van der Waals surface area contributed by atoms with E-state index in [1.807, 2.05) is 0 Å². The Balaban J connectivity index is 2.22. The molecular formula is C14H28N2O. The van der Waals surface area contributed by atoms with Gasteiger partial charge in [-0.15, -0.1) is 0 Å². The highest BCUT2D eigenvalue weighted by Gasteiger charge is 2.31. The molecule has 1 heterocycles. The summed E-state index contributed by atoms with van der Waals surface area (Å²) in [6.45, 7) is 8.59. The molecule has 1 atom stereocenters. The predicted octanol–water partition coefficient (Wildman–Crippen LogP) is 2.46. The highest BCUT2D eigenvalue weighted by molar-refractivity contribution is 5.75. The van der Waals surface area contributed by atoms with Crippen LogP contribution < -0.4 is 10.6 Å². The van der Waals surface area contributed by atoms with Crippen LogP contribution in [-0.4, -0.2) is 25.0 Å². The normalized spacial score (nSPS) is 23.4. The summed E-state index contributed by atoms with van der Waals surface area (Å²) >= 11 is 0. The fourth-order valence-corrected chi connectivity index (χ4v) is 2.46. The zero-order valence-corrected chi connectivity index (χ0v) is 11.6. The summed E-state index contributed by atoms with van der Waals surface area (Å²) in [5.74, 6) is 0.210. The van der Waals surface area contributed by atoms with Crippen LogP contribution in [0.1, 0.15) is 59.3 Å². The standard InChI is InChI=1S/C14H28N2O/c1-4-5-6-8-13(17)16-11-12-14(2,3)9-7-10-15-12/h12,15H,4-11H2,1-3H3,(H,16,17). The maximum Gasteiger partial charge on any atom is 0.220 e. The highest BCUT2D eigenvalue weighted by atomic mass is 16.1. The number of amides is 1. The zero-order valence-electron chi connectivity index (χ0n) is 11.6. The van der Waals surface area contributed by atoms with Crippen molar-refractivity contribution in [2.75, 3.05) is 13.1 Å². The van der Waals surface area contributed by atoms with Crippen molar-refractivity contribution >= 4 is 5.91 Å². The molecule has 2 N–H and O–H groups in total. The first kappa shape index (κ1) is 14.5. The van der Waals surface area contributed by atoms with Gasteiger partial charge in [0.1, 0.15) is 0 Å². The van der Waals surface area contributed by atoms with E-state index in [0.717, 1.165) is 25.9 Å². The first-order valence-corrected chi connectivity index (χ1v) is 7.06. The molecule has 1 unspecified atom stereocenters. The molecular weight excluding hydrogens is 212 g/mol. The molecule has 0 aromatic rings. The molecule has 100 valence electrons. The molecule has 1 rings (SSSR count). The Morgan fingerprint density at radius 1 is 1.41 bits per heavy atom. The van der Waals surface area contributed by atoms with Gasteiger partial charge in [-0.3, -0.25) is 4.79 Å². The number of nitrogens with one attached hydrogen (secondary N) is 2. The zero-order chi connectivity index (χ0) is 12.7. The lowest BCUT2D eigenvalue weighted by Gasteiger charge is -2.39. The molecule has 0 radical (unpaired) electrons. The predicted molar refractivity (Wildman–Crippen MR) is 72.0 cm³/mol. The van der Waals surface area contributed by atoms with Crippen molar-refractivity contribution < 1.29 is 4.79 Å². The van der Waals surface area contributed by atoms with Crippen molar-refractivity contribution in [1.82, 2.24) is 10.6 Å². The van der Waals surface area contributed by atoms with Crippen LogP contribution in [0.25, 0.3) is 0 Å². The SMILES string of the molecule is CCCCCC(=O)NCC1NCCCC1(C)C. The summed E-state index contributed by atoms with van der Waals surface area (Å²) in [6, 6.07) is 0.423. The lowest BCUT2D eigenvalue weighted by atomic mass is 9.77. The van der Waals surface area contributed by atoms with Gasteiger partial charge in [0.15, 0.2) is 0 Å². The van der Waals surface area contributed by atoms with E-state index < -0.39 is 0 Å². The molecule has 0 aromatic heterocycles. The van der Waals surface area contributed by atoms with Crippen LogP contribution >= 0.6 is 0 Å². The van der Waals surface area contributed by atoms with Gasteiger partial charge >= 0.3 is 0 Å². The van der Waals surface area contributed by atoms with E-state index in [1.165, 1.54) is 19.3 Å². The lowest BCUT2D eigenvalue weighted by Crippen LogP contribution is -2.52. The average molecular weight is 240 g/mol. The van der Waals surface area contributed by atoms with Gasteiger partial charge in [-0.1, -0.05) is 33.6 Å². The quantitative estimate of drug-likeness (QED) is 0.700. The monoisotopic (exact) mass is 240 g/mol. The van der Waals surface area contributed by atoms with Gasteiger partial charge in [0, 0.05) is 19.0 Å². The second kappa shape index (κ2) is 7.00. The third kappa shape index (κ3) is 5.07. The van der Waals surface area contributed by atoms with Crippen LogP contribution in [0.3, 0.4) is 0 Å². The summed E-state index contributed by atoms with van der Waals surface area (Å²) in [5, 5.41) is 6.58. The summed E-state index contributed by atoms with van der Waals surface area (Å²) in [4.78, 5) is 11.6. The number of carbonyl (C=O) groups excluding carboxylic acids is 1. The Morgan fingerprint density at radius 2 is 2.18 bits per heavy atom. The van der Waals surface area contributed by atoms with Gasteiger partial charge < -0.3 is 10.6 Å². The Labute approximate surface area is 106 Å². The molecule has 0 spiro atoms. The third-order valence-corrected chi connectivity index (χ3v) is 3.84. The molecule has 1 aliphatic heterocycles. The first-order valence-electron chi connectivity index (χ1n) is 7.06. The maximum atomic E-state index is 11.6. The number of hydrogen-bond acceptors (Lipinski definition) is 2. The fourth-order valence-electron chi connectivity index (χ4n) is 2.46. The van der Waals surface area contributed by atoms with E-state index in [9.17, 15) is 4.79 Å². The van der Waals surface area contributed by atoms with Crippen molar-refractivity contribution in [3.8, 4) is 0 Å². The number of hydrogen-bond donors (Lipinski definition) is 2. The topological polar surface area (TPSA) is 41.1 Å². The van der Waals surface area contributed by atoms with E-state index in [4.69, 9.17) is 0 Å². The molecule has 1 saturated heterocycles. The molecule has 17 heavy (non-hydrogen) atoms. The minimum atomic E-state index is 0.210. The second-order valence-electron chi connectivity index (χ2n) is 5.86. The second-order valence-corrected chi connectivity index (χ2v) is 5.86. The van der Waals surface area contributed by atoms with Gasteiger partial charge in [0.05, 0.1) is 0 Å². The molecule has 0 bridgehead atoms. The molecule has 3 nitrogen and oxygen atoms in total. The van der Waals surface area contributed by atoms with Crippen LogP contribution in [0, 0.1) is 5.41 Å². The Hall–Kier alpha value is -0.570. The molecule has 1 fully saturated rings. The highest BCUT2D eigenvalue weighted by Crippen LogP contribution is 2.29. The van der Waals surface area contributed by atoms with Crippen molar-refractivity contribution in [1.29, 1.82) is 0 Å². The van der Waals surface area contributed by atoms with Crippen molar-refractivity contribution in [2.45, 2.75) is 65.3 Å². The number of piperidine rings is 1. The van der Waals surface area contributed by atoms with Crippen LogP contribution in [0.15, 0.2) is 0 Å². The largest absolute Gasteiger partial charge is 0.355 e. The van der Waals surface area contributed by atoms with E-state index in [1.54, 1.807) is 0 Å². The maximum absolute atomic E-state index is 11.6. The number of carbonyl (C=O) groups is 1. The molecule has 3 heteroatoms. The summed E-state index contributed by atoms with van der Waals surface area (Å²) < 4.78 is 0. The smallest absolute Gasteiger partial charge is 0.220 e. The van der Waals surface area contributed by atoms with E-state index in [0.29, 0.717) is 17.9 Å². The minimum absolute atomic E-state index is 0.210. The first-order chi connectivity index (χ1) is 8.06. The van der Waals surface area contributed by atoms with E-state index in [2.05, 4.69) is 31.4 Å². The average Bonchev–Trinajstić information content (AvgIpc) is 2.27. The number of unbranched alkanes of at least 4 members (excludes halogenated alkanes) is 2. The van der Waals surface area contributed by atoms with Crippen LogP contribution in [0.5, 0.6) is 0 Å². The van der Waals surface area contributed by atoms with Crippen LogP contribution in [-0.2, 0) is 4.79 Å². The van der Waals surface area contributed by atoms with Gasteiger partial charge in [-0.25, -0.2) is 0 Å². The van der Waals surface area contributed by atoms with E-state index in [-0.39, 0.29) is 5.91 Å². The summed E-state index contributed by atoms with van der Waals surface area (Å²) in [7, 11) is 0. The van der Waals surface area contributed by atoms with Crippen LogP contribution in [0.2, 0.25) is 0 Å². The van der Waals surface area contributed by atoms with Gasteiger partial charge in [-0.05, 0) is 31.2 Å². The van der Waals surface area contributed by atoms with Crippen molar-refractivity contribution in [2.24, 2.45) is 5.41 Å². The molecule has 0 aliphatic carbocycles. The fraction of sp³-hybridized carbons (Fsp3) is 0.929. The Morgan fingerprint density at radius 3 is 2.82 bits per heavy atom. The molecule has 0 aromatic carbocycles. The molecule has 1 aliphatic rings. The lowest BCUT2D eigenvalue weighted by molar-refractivity contribution is -0.121. The summed E-state index contributed by atoms with van der Waals surface area (Å²) in [5.41, 5.74) is 0.301. The van der Waals surface area contributed by atoms with Gasteiger partial charge in [0.25, 0.3) is 0 Å². The van der Waals surface area contributed by atoms with Crippen molar-refractivity contribution in [3.63, 3.8) is 0 Å². The third-order valence-electron chi connectivity index (χ3n) is 3.84.